The maximum Gasteiger partial charge on any atom is 0.257 e. The summed E-state index contributed by atoms with van der Waals surface area (Å²) in [6.45, 7) is 4.78. The van der Waals surface area contributed by atoms with Crippen LogP contribution in [0.1, 0.15) is 24.2 Å². The lowest BCUT2D eigenvalue weighted by Crippen LogP contribution is -2.12. The van der Waals surface area contributed by atoms with Crippen molar-refractivity contribution in [3.8, 4) is 17.1 Å². The summed E-state index contributed by atoms with van der Waals surface area (Å²) in [7, 11) is 0. The maximum atomic E-state index is 12.4. The van der Waals surface area contributed by atoms with Crippen molar-refractivity contribution >= 4 is 22.4 Å². The van der Waals surface area contributed by atoms with E-state index in [0.717, 1.165) is 11.4 Å². The zero-order valence-corrected chi connectivity index (χ0v) is 14.9. The fourth-order valence-electron chi connectivity index (χ4n) is 2.12. The minimum atomic E-state index is -0.211. The molecule has 1 aromatic carbocycles. The van der Waals surface area contributed by atoms with Gasteiger partial charge < -0.3 is 4.74 Å². The van der Waals surface area contributed by atoms with Gasteiger partial charge in [0.1, 0.15) is 11.4 Å². The van der Waals surface area contributed by atoms with Crippen molar-refractivity contribution < 1.29 is 9.53 Å². The Bertz CT molecular complexity index is 847. The topological polar surface area (TPSA) is 64.1 Å². The van der Waals surface area contributed by atoms with Crippen LogP contribution in [-0.2, 0) is 0 Å². The molecular weight excluding hydrogens is 334 g/mol. The number of benzene rings is 1. The molecule has 0 aliphatic rings. The smallest absolute Gasteiger partial charge is 0.257 e. The van der Waals surface area contributed by atoms with Gasteiger partial charge in [-0.25, -0.2) is 4.98 Å². The first kappa shape index (κ1) is 17.1. The highest BCUT2D eigenvalue weighted by molar-refractivity contribution is 7.14. The Morgan fingerprint density at radius 1 is 1.20 bits per heavy atom. The predicted molar refractivity (Wildman–Crippen MR) is 100 cm³/mol. The van der Waals surface area contributed by atoms with E-state index in [4.69, 9.17) is 4.74 Å². The third-order valence-corrected chi connectivity index (χ3v) is 4.09. The molecule has 0 aliphatic heterocycles. The van der Waals surface area contributed by atoms with Gasteiger partial charge >= 0.3 is 0 Å². The van der Waals surface area contributed by atoms with Gasteiger partial charge in [0.2, 0.25) is 0 Å². The lowest BCUT2D eigenvalue weighted by molar-refractivity contribution is 0.102. The summed E-state index contributed by atoms with van der Waals surface area (Å²) in [5.41, 5.74) is 2.06. The lowest BCUT2D eigenvalue weighted by Gasteiger charge is -2.09. The van der Waals surface area contributed by atoms with Gasteiger partial charge in [0.25, 0.3) is 5.91 Å². The molecule has 0 spiro atoms. The van der Waals surface area contributed by atoms with E-state index in [1.807, 2.05) is 35.7 Å². The van der Waals surface area contributed by atoms with E-state index < -0.39 is 0 Å². The van der Waals surface area contributed by atoms with Crippen molar-refractivity contribution in [2.75, 3.05) is 11.9 Å². The Kier molecular flexibility index (Phi) is 5.40. The number of thiazole rings is 1. The van der Waals surface area contributed by atoms with E-state index in [1.54, 1.807) is 18.3 Å². The van der Waals surface area contributed by atoms with Crippen molar-refractivity contribution in [1.82, 2.24) is 9.97 Å². The van der Waals surface area contributed by atoms with E-state index in [1.165, 1.54) is 11.3 Å². The molecule has 0 fully saturated rings. The molecule has 128 valence electrons. The van der Waals surface area contributed by atoms with Gasteiger partial charge in [-0.15, -0.1) is 11.3 Å². The van der Waals surface area contributed by atoms with Gasteiger partial charge in [0.15, 0.2) is 5.13 Å². The van der Waals surface area contributed by atoms with Crippen molar-refractivity contribution in [3.63, 3.8) is 0 Å². The molecule has 0 saturated carbocycles. The predicted octanol–water partition coefficient (Wildman–Crippen LogP) is 4.49. The van der Waals surface area contributed by atoms with Crippen LogP contribution in [0, 0.1) is 5.92 Å². The Morgan fingerprint density at radius 2 is 2.08 bits per heavy atom. The minimum Gasteiger partial charge on any atom is -0.493 e. The fraction of sp³-hybridized carbons (Fsp3) is 0.211. The van der Waals surface area contributed by atoms with Gasteiger partial charge in [0, 0.05) is 17.1 Å². The number of rotatable bonds is 6. The van der Waals surface area contributed by atoms with Crippen LogP contribution in [0.4, 0.5) is 5.13 Å². The number of ether oxygens (including phenoxy) is 1. The molecule has 0 aliphatic carbocycles. The van der Waals surface area contributed by atoms with E-state index in [2.05, 4.69) is 29.1 Å². The number of amides is 1. The van der Waals surface area contributed by atoms with E-state index in [-0.39, 0.29) is 5.91 Å². The van der Waals surface area contributed by atoms with Crippen molar-refractivity contribution in [2.45, 2.75) is 13.8 Å². The second-order valence-electron chi connectivity index (χ2n) is 5.94. The van der Waals surface area contributed by atoms with Crippen molar-refractivity contribution in [1.29, 1.82) is 0 Å². The number of pyridine rings is 1. The Balaban J connectivity index is 1.68. The van der Waals surface area contributed by atoms with Gasteiger partial charge in [-0.1, -0.05) is 26.0 Å². The number of hydrogen-bond donors (Lipinski definition) is 1. The first-order valence-electron chi connectivity index (χ1n) is 8.03. The molecule has 1 N–H and O–H groups in total. The standard InChI is InChI=1S/C19H19N3O2S/c1-13(2)11-24-15-7-5-6-14(10-15)18(23)22-19-21-17(12-25-19)16-8-3-4-9-20-16/h3-10,12-13H,11H2,1-2H3,(H,21,22,23). The highest BCUT2D eigenvalue weighted by Gasteiger charge is 2.11. The van der Waals surface area contributed by atoms with E-state index in [0.29, 0.717) is 29.0 Å². The van der Waals surface area contributed by atoms with Crippen LogP contribution in [-0.4, -0.2) is 22.5 Å². The summed E-state index contributed by atoms with van der Waals surface area (Å²) in [5, 5.41) is 5.24. The van der Waals surface area contributed by atoms with E-state index in [9.17, 15) is 4.79 Å². The molecule has 3 rings (SSSR count). The van der Waals surface area contributed by atoms with Crippen LogP contribution in [0.2, 0.25) is 0 Å². The summed E-state index contributed by atoms with van der Waals surface area (Å²) < 4.78 is 5.67. The summed E-state index contributed by atoms with van der Waals surface area (Å²) >= 11 is 1.37. The summed E-state index contributed by atoms with van der Waals surface area (Å²) in [5.74, 6) is 0.907. The third-order valence-electron chi connectivity index (χ3n) is 3.33. The zero-order valence-electron chi connectivity index (χ0n) is 14.1. The normalized spacial score (nSPS) is 10.7. The summed E-state index contributed by atoms with van der Waals surface area (Å²) in [6.07, 6.45) is 1.72. The molecule has 6 heteroatoms. The van der Waals surface area contributed by atoms with Gasteiger partial charge in [-0.3, -0.25) is 15.1 Å². The quantitative estimate of drug-likeness (QED) is 0.709. The van der Waals surface area contributed by atoms with Crippen LogP contribution >= 0.6 is 11.3 Å². The zero-order chi connectivity index (χ0) is 17.6. The number of hydrogen-bond acceptors (Lipinski definition) is 5. The van der Waals surface area contributed by atoms with Crippen molar-refractivity contribution in [2.24, 2.45) is 5.92 Å². The second kappa shape index (κ2) is 7.90. The summed E-state index contributed by atoms with van der Waals surface area (Å²) in [6, 6.07) is 12.8. The number of aromatic nitrogens is 2. The molecule has 0 radical (unpaired) electrons. The number of carbonyl (C=O) groups is 1. The third kappa shape index (κ3) is 4.64. The van der Waals surface area contributed by atoms with Gasteiger partial charge in [-0.2, -0.15) is 0 Å². The summed E-state index contributed by atoms with van der Waals surface area (Å²) in [4.78, 5) is 21.1. The average Bonchev–Trinajstić information content (AvgIpc) is 3.09. The fourth-order valence-corrected chi connectivity index (χ4v) is 2.82. The first-order valence-corrected chi connectivity index (χ1v) is 8.91. The number of anilines is 1. The molecule has 3 aromatic rings. The monoisotopic (exact) mass is 353 g/mol. The number of nitrogens with one attached hydrogen (secondary N) is 1. The van der Waals surface area contributed by atoms with Crippen LogP contribution in [0.5, 0.6) is 5.75 Å². The Hall–Kier alpha value is -2.73. The molecule has 0 saturated heterocycles. The second-order valence-corrected chi connectivity index (χ2v) is 6.80. The SMILES string of the molecule is CC(C)COc1cccc(C(=O)Nc2nc(-c3ccccn3)cs2)c1. The van der Waals surface area contributed by atoms with E-state index >= 15 is 0 Å². The van der Waals surface area contributed by atoms with Crippen LogP contribution in [0.15, 0.2) is 54.0 Å². The Labute approximate surface area is 150 Å². The number of nitrogens with zero attached hydrogens (tertiary/aromatic N) is 2. The highest BCUT2D eigenvalue weighted by atomic mass is 32.1. The minimum absolute atomic E-state index is 0.211. The molecule has 5 nitrogen and oxygen atoms in total. The average molecular weight is 353 g/mol. The Morgan fingerprint density at radius 3 is 2.84 bits per heavy atom. The molecule has 0 unspecified atom stereocenters. The van der Waals surface area contributed by atoms with Crippen LogP contribution in [0.3, 0.4) is 0 Å². The van der Waals surface area contributed by atoms with Crippen LogP contribution in [0.25, 0.3) is 11.4 Å². The maximum absolute atomic E-state index is 12.4. The molecular formula is C19H19N3O2S. The van der Waals surface area contributed by atoms with Gasteiger partial charge in [-0.05, 0) is 36.2 Å². The molecule has 2 heterocycles. The molecule has 0 atom stereocenters. The molecule has 1 amide bonds. The largest absolute Gasteiger partial charge is 0.493 e. The first-order chi connectivity index (χ1) is 12.1. The molecule has 2 aromatic heterocycles. The molecule has 0 bridgehead atoms. The molecule has 25 heavy (non-hydrogen) atoms. The highest BCUT2D eigenvalue weighted by Crippen LogP contribution is 2.24. The van der Waals surface area contributed by atoms with Crippen molar-refractivity contribution in [3.05, 3.63) is 59.6 Å². The lowest BCUT2D eigenvalue weighted by atomic mass is 10.2. The van der Waals surface area contributed by atoms with Crippen LogP contribution < -0.4 is 10.1 Å². The van der Waals surface area contributed by atoms with Gasteiger partial charge in [0.05, 0.1) is 12.3 Å². The number of carbonyl (C=O) groups excluding carboxylic acids is 1.